The zero-order valence-electron chi connectivity index (χ0n) is 5.27. The Balaban J connectivity index is 0. The molecule has 0 heterocycles. The van der Waals surface area contributed by atoms with Gasteiger partial charge in [-0.2, -0.15) is 0 Å². The number of hydrogen-bond donors (Lipinski definition) is 3. The molecule has 6 nitrogen and oxygen atoms in total. The molecule has 0 rings (SSSR count). The minimum Gasteiger partial charge on any atom is -0.511 e. The molecule has 0 spiro atoms. The van der Waals surface area contributed by atoms with Crippen molar-refractivity contribution in [2.45, 2.75) is 0 Å². The first-order valence-corrected chi connectivity index (χ1v) is 8.51. The van der Waals surface area contributed by atoms with E-state index in [1.165, 1.54) is 0 Å². The molecule has 0 aromatic heterocycles. The summed E-state index contributed by atoms with van der Waals surface area (Å²) in [6, 6.07) is 0. The van der Waals surface area contributed by atoms with Crippen molar-refractivity contribution in [3.05, 3.63) is 0 Å². The SMILES string of the molecule is O=[PH](O)[SiH2]O[SiH3].O=[Si](O)O. The molecule has 0 aromatic rings. The van der Waals surface area contributed by atoms with Crippen LogP contribution >= 0.6 is 7.58 Å². The summed E-state index contributed by atoms with van der Waals surface area (Å²) in [6.07, 6.45) is 0. The maximum Gasteiger partial charge on any atom is 0.761 e. The molecule has 0 saturated heterocycles. The highest BCUT2D eigenvalue weighted by molar-refractivity contribution is 7.70. The number of rotatable bonds is 2. The standard InChI is InChI=1S/H7O3PSi2.H2O3Si/c1-4(2)6-3-5;1-4(2)3/h4H,6H2,5H3,(H,1,2);1-2H. The molecule has 0 fully saturated rings. The van der Waals surface area contributed by atoms with Crippen molar-refractivity contribution in [3.63, 3.8) is 0 Å². The molecule has 1 atom stereocenters. The Bertz CT molecular complexity index is 108. The van der Waals surface area contributed by atoms with Crippen LogP contribution in [0.3, 0.4) is 0 Å². The second-order valence-electron chi connectivity index (χ2n) is 1.11. The quantitative estimate of drug-likeness (QED) is 0.325. The molecule has 0 aliphatic heterocycles. The van der Waals surface area contributed by atoms with Crippen molar-refractivity contribution in [3.8, 4) is 0 Å². The largest absolute Gasteiger partial charge is 0.761 e. The molecule has 1 unspecified atom stereocenters. The van der Waals surface area contributed by atoms with Gasteiger partial charge in [0, 0.05) is 0 Å². The van der Waals surface area contributed by atoms with Crippen LogP contribution in [-0.2, 0) is 13.1 Å². The average Bonchev–Trinajstić information content (AvgIpc) is 1.62. The zero-order chi connectivity index (χ0) is 8.57. The molecule has 0 amide bonds. The normalized spacial score (nSPS) is 12.5. The molecule has 10 heavy (non-hydrogen) atoms. The minimum atomic E-state index is -3.13. The minimum absolute atomic E-state index is 0.614. The Morgan fingerprint density at radius 3 is 1.90 bits per heavy atom. The van der Waals surface area contributed by atoms with E-state index < -0.39 is 26.2 Å². The fraction of sp³-hybridized carbons (Fsp3) is 0. The second-order valence-corrected chi connectivity index (χ2v) is 7.74. The summed E-state index contributed by atoms with van der Waals surface area (Å²) in [7, 11) is -5.68. The van der Waals surface area contributed by atoms with Crippen LogP contribution in [0.1, 0.15) is 0 Å². The second kappa shape index (κ2) is 9.20. The fourth-order valence-electron chi connectivity index (χ4n) is 0.123. The Hall–Kier alpha value is 0.201. The van der Waals surface area contributed by atoms with Crippen molar-refractivity contribution in [1.29, 1.82) is 0 Å². The van der Waals surface area contributed by atoms with Gasteiger partial charge >= 0.3 is 9.17 Å². The van der Waals surface area contributed by atoms with E-state index in [1.807, 2.05) is 0 Å². The van der Waals surface area contributed by atoms with Crippen molar-refractivity contribution < 1.29 is 27.6 Å². The highest BCUT2D eigenvalue weighted by Crippen LogP contribution is 2.06. The van der Waals surface area contributed by atoms with Crippen LogP contribution in [0.2, 0.25) is 0 Å². The monoisotopic (exact) mass is 220 g/mol. The van der Waals surface area contributed by atoms with Gasteiger partial charge < -0.3 is 23.2 Å². The predicted octanol–water partition coefficient (Wildman–Crippen LogP) is -3.86. The summed E-state index contributed by atoms with van der Waals surface area (Å²) >= 11 is 0. The van der Waals surface area contributed by atoms with Crippen LogP contribution in [-0.4, -0.2) is 43.6 Å². The summed E-state index contributed by atoms with van der Waals surface area (Å²) in [5.74, 6) is 0. The first kappa shape index (κ1) is 12.8. The van der Waals surface area contributed by atoms with Crippen molar-refractivity contribution in [1.82, 2.24) is 0 Å². The third-order valence-electron chi connectivity index (χ3n) is 0.268. The summed E-state index contributed by atoms with van der Waals surface area (Å²) in [5, 5.41) is 0. The molecule has 0 bridgehead atoms. The maximum absolute atomic E-state index is 9.74. The lowest BCUT2D eigenvalue weighted by molar-refractivity contribution is 0.330. The smallest absolute Gasteiger partial charge is 0.511 e. The van der Waals surface area contributed by atoms with Crippen LogP contribution in [0.15, 0.2) is 0 Å². The third kappa shape index (κ3) is 41.5. The first-order chi connectivity index (χ1) is 4.50. The highest BCUT2D eigenvalue weighted by atomic mass is 31.4. The lowest BCUT2D eigenvalue weighted by Crippen LogP contribution is -1.90. The highest BCUT2D eigenvalue weighted by Gasteiger charge is 1.85. The van der Waals surface area contributed by atoms with Gasteiger partial charge in [-0.15, -0.1) is 0 Å². The first-order valence-electron chi connectivity index (χ1n) is 2.13. The van der Waals surface area contributed by atoms with Gasteiger partial charge in [-0.1, -0.05) is 0 Å². The van der Waals surface area contributed by atoms with Gasteiger partial charge in [0.1, 0.15) is 10.5 Å². The van der Waals surface area contributed by atoms with Crippen LogP contribution in [0, 0.1) is 0 Å². The number of hydrogen-bond acceptors (Lipinski definition) is 3. The van der Waals surface area contributed by atoms with E-state index >= 15 is 0 Å². The van der Waals surface area contributed by atoms with Crippen LogP contribution in [0.4, 0.5) is 0 Å². The van der Waals surface area contributed by atoms with E-state index in [2.05, 4.69) is 4.12 Å². The van der Waals surface area contributed by atoms with Gasteiger partial charge in [-0.05, 0) is 0 Å². The van der Waals surface area contributed by atoms with Crippen molar-refractivity contribution in [2.24, 2.45) is 0 Å². The van der Waals surface area contributed by atoms with Gasteiger partial charge in [0.15, 0.2) is 7.58 Å². The molecule has 0 radical (unpaired) electrons. The lowest BCUT2D eigenvalue weighted by Gasteiger charge is -1.85. The van der Waals surface area contributed by atoms with Gasteiger partial charge in [-0.25, -0.2) is 0 Å². The van der Waals surface area contributed by atoms with E-state index in [-0.39, 0.29) is 0 Å². The molecule has 0 aliphatic rings. The fourth-order valence-corrected chi connectivity index (χ4v) is 3.33. The van der Waals surface area contributed by atoms with E-state index in [9.17, 15) is 4.57 Å². The van der Waals surface area contributed by atoms with Gasteiger partial charge in [-0.3, -0.25) is 4.46 Å². The molecule has 0 saturated carbocycles. The Morgan fingerprint density at radius 1 is 1.60 bits per heavy atom. The average molecular weight is 220 g/mol. The van der Waals surface area contributed by atoms with Crippen LogP contribution < -0.4 is 0 Å². The topological polar surface area (TPSA) is 104 Å². The van der Waals surface area contributed by atoms with Crippen molar-refractivity contribution in [2.75, 3.05) is 0 Å². The Kier molecular flexibility index (Phi) is 11.8. The maximum atomic E-state index is 9.74. The zero-order valence-corrected chi connectivity index (χ0v) is 10.7. The molecule has 3 N–H and O–H groups in total. The lowest BCUT2D eigenvalue weighted by atomic mass is 15.8. The van der Waals surface area contributed by atoms with Gasteiger partial charge in [0.05, 0.1) is 0 Å². The van der Waals surface area contributed by atoms with E-state index in [0.29, 0.717) is 10.5 Å². The van der Waals surface area contributed by atoms with Crippen LogP contribution in [0.25, 0.3) is 0 Å². The predicted molar refractivity (Wildman–Crippen MR) is 41.7 cm³/mol. The van der Waals surface area contributed by atoms with Crippen LogP contribution in [0.5, 0.6) is 0 Å². The van der Waals surface area contributed by atoms with E-state index in [0.717, 1.165) is 0 Å². The van der Waals surface area contributed by atoms with Crippen molar-refractivity contribution >= 4 is 36.7 Å². The molecule has 0 aliphatic carbocycles. The summed E-state index contributed by atoms with van der Waals surface area (Å²) in [6.45, 7) is 0. The van der Waals surface area contributed by atoms with E-state index in [1.54, 1.807) is 0 Å². The molecule has 62 valence electrons. The Morgan fingerprint density at radius 2 is 1.90 bits per heavy atom. The molecular formula is H9O6PSi3. The van der Waals surface area contributed by atoms with Gasteiger partial charge in [0.25, 0.3) is 0 Å². The molecule has 0 aromatic carbocycles. The summed E-state index contributed by atoms with van der Waals surface area (Å²) in [4.78, 5) is 22.4. The Labute approximate surface area is 65.0 Å². The summed E-state index contributed by atoms with van der Waals surface area (Å²) in [5.41, 5.74) is 0. The van der Waals surface area contributed by atoms with Gasteiger partial charge in [0.2, 0.25) is 9.43 Å². The summed E-state index contributed by atoms with van der Waals surface area (Å²) < 4.78 is 23.0. The van der Waals surface area contributed by atoms with E-state index in [4.69, 9.17) is 18.9 Å². The third-order valence-corrected chi connectivity index (χ3v) is 5.01. The molecular weight excluding hydrogens is 211 g/mol. The molecule has 10 heteroatoms.